The zero-order valence-electron chi connectivity index (χ0n) is 12.1. The Balaban J connectivity index is 1.70. The van der Waals surface area contributed by atoms with Crippen molar-refractivity contribution in [3.8, 4) is 5.75 Å². The van der Waals surface area contributed by atoms with E-state index in [1.807, 2.05) is 19.1 Å². The van der Waals surface area contributed by atoms with E-state index in [4.69, 9.17) is 16.3 Å². The van der Waals surface area contributed by atoms with E-state index >= 15 is 0 Å². The second kappa shape index (κ2) is 7.13. The highest BCUT2D eigenvalue weighted by Crippen LogP contribution is 2.21. The molecule has 5 nitrogen and oxygen atoms in total. The number of rotatable bonds is 6. The van der Waals surface area contributed by atoms with Gasteiger partial charge >= 0.3 is 0 Å². The molecule has 1 heterocycles. The summed E-state index contributed by atoms with van der Waals surface area (Å²) in [4.78, 5) is 11.7. The summed E-state index contributed by atoms with van der Waals surface area (Å²) in [6, 6.07) is 7.24. The SMILES string of the molecule is Cc1cc(Cl)ccc1OCCCC(=O)Nc1ccn(C)n1. The van der Waals surface area contributed by atoms with E-state index in [0.717, 1.165) is 11.3 Å². The Kier molecular flexibility index (Phi) is 5.22. The van der Waals surface area contributed by atoms with Gasteiger partial charge in [-0.15, -0.1) is 0 Å². The molecular weight excluding hydrogens is 290 g/mol. The minimum atomic E-state index is -0.0647. The first-order valence-corrected chi connectivity index (χ1v) is 7.11. The fourth-order valence-electron chi connectivity index (χ4n) is 1.88. The fourth-order valence-corrected chi connectivity index (χ4v) is 2.10. The summed E-state index contributed by atoms with van der Waals surface area (Å²) >= 11 is 5.88. The summed E-state index contributed by atoms with van der Waals surface area (Å²) in [5.41, 5.74) is 0.987. The van der Waals surface area contributed by atoms with Crippen molar-refractivity contribution < 1.29 is 9.53 Å². The number of ether oxygens (including phenoxy) is 1. The standard InChI is InChI=1S/C15H18ClN3O2/c1-11-10-12(16)5-6-13(11)21-9-3-4-15(20)17-14-7-8-19(2)18-14/h5-8,10H,3-4,9H2,1-2H3,(H,17,18,20). The fraction of sp³-hybridized carbons (Fsp3) is 0.333. The monoisotopic (exact) mass is 307 g/mol. The lowest BCUT2D eigenvalue weighted by Crippen LogP contribution is -2.13. The van der Waals surface area contributed by atoms with Crippen LogP contribution in [0.1, 0.15) is 18.4 Å². The molecule has 0 aliphatic carbocycles. The van der Waals surface area contributed by atoms with Crippen molar-refractivity contribution in [1.82, 2.24) is 9.78 Å². The molecule has 0 atom stereocenters. The first kappa shape index (κ1) is 15.4. The zero-order valence-corrected chi connectivity index (χ0v) is 12.9. The molecule has 1 amide bonds. The maximum atomic E-state index is 11.7. The average Bonchev–Trinajstić information content (AvgIpc) is 2.82. The zero-order chi connectivity index (χ0) is 15.2. The van der Waals surface area contributed by atoms with E-state index < -0.39 is 0 Å². The van der Waals surface area contributed by atoms with Gasteiger partial charge in [0.2, 0.25) is 5.91 Å². The van der Waals surface area contributed by atoms with Crippen LogP contribution in [0, 0.1) is 6.92 Å². The molecule has 6 heteroatoms. The van der Waals surface area contributed by atoms with Crippen molar-refractivity contribution >= 4 is 23.3 Å². The Bertz CT molecular complexity index is 625. The summed E-state index contributed by atoms with van der Waals surface area (Å²) in [7, 11) is 1.80. The maximum absolute atomic E-state index is 11.7. The van der Waals surface area contributed by atoms with Gasteiger partial charge in [0.05, 0.1) is 6.61 Å². The van der Waals surface area contributed by atoms with E-state index in [-0.39, 0.29) is 5.91 Å². The third-order valence-corrected chi connectivity index (χ3v) is 3.16. The number of hydrogen-bond donors (Lipinski definition) is 1. The van der Waals surface area contributed by atoms with Crippen LogP contribution < -0.4 is 10.1 Å². The summed E-state index contributed by atoms with van der Waals surface area (Å²) in [6.07, 6.45) is 2.81. The van der Waals surface area contributed by atoms with Gasteiger partial charge in [0.25, 0.3) is 0 Å². The molecule has 21 heavy (non-hydrogen) atoms. The first-order chi connectivity index (χ1) is 10.0. The molecule has 0 unspecified atom stereocenters. The minimum Gasteiger partial charge on any atom is -0.493 e. The Labute approximate surface area is 128 Å². The molecule has 1 N–H and O–H groups in total. The smallest absolute Gasteiger partial charge is 0.225 e. The Hall–Kier alpha value is -2.01. The van der Waals surface area contributed by atoms with Crippen LogP contribution in [0.4, 0.5) is 5.82 Å². The van der Waals surface area contributed by atoms with Gasteiger partial charge in [-0.25, -0.2) is 0 Å². The third-order valence-electron chi connectivity index (χ3n) is 2.92. The highest BCUT2D eigenvalue weighted by atomic mass is 35.5. The van der Waals surface area contributed by atoms with Crippen LogP contribution in [0.3, 0.4) is 0 Å². The van der Waals surface area contributed by atoms with E-state index in [0.29, 0.717) is 30.3 Å². The van der Waals surface area contributed by atoms with Crippen molar-refractivity contribution in [3.63, 3.8) is 0 Å². The highest BCUT2D eigenvalue weighted by Gasteiger charge is 2.05. The number of halogens is 1. The lowest BCUT2D eigenvalue weighted by Gasteiger charge is -2.09. The number of carbonyl (C=O) groups is 1. The molecule has 1 aromatic heterocycles. The molecule has 0 saturated carbocycles. The first-order valence-electron chi connectivity index (χ1n) is 6.73. The Morgan fingerprint density at radius 2 is 2.24 bits per heavy atom. The molecule has 1 aromatic carbocycles. The van der Waals surface area contributed by atoms with Crippen LogP contribution in [0.25, 0.3) is 0 Å². The molecule has 0 aliphatic rings. The molecule has 2 rings (SSSR count). The summed E-state index contributed by atoms with van der Waals surface area (Å²) in [5.74, 6) is 1.30. The van der Waals surface area contributed by atoms with E-state index in [2.05, 4.69) is 10.4 Å². The van der Waals surface area contributed by atoms with Gasteiger partial charge in [0, 0.05) is 30.8 Å². The van der Waals surface area contributed by atoms with Crippen molar-refractivity contribution in [1.29, 1.82) is 0 Å². The Morgan fingerprint density at radius 1 is 1.43 bits per heavy atom. The van der Waals surface area contributed by atoms with E-state index in [1.165, 1.54) is 0 Å². The molecule has 2 aromatic rings. The van der Waals surface area contributed by atoms with Crippen LogP contribution >= 0.6 is 11.6 Å². The normalized spacial score (nSPS) is 10.4. The molecule has 0 bridgehead atoms. The summed E-state index contributed by atoms with van der Waals surface area (Å²) in [5, 5.41) is 7.51. The molecule has 0 fully saturated rings. The molecule has 0 spiro atoms. The minimum absolute atomic E-state index is 0.0647. The van der Waals surface area contributed by atoms with Gasteiger partial charge in [-0.05, 0) is 37.1 Å². The number of nitrogens with one attached hydrogen (secondary N) is 1. The van der Waals surface area contributed by atoms with Gasteiger partial charge in [0.15, 0.2) is 5.82 Å². The van der Waals surface area contributed by atoms with Crippen LogP contribution in [0.5, 0.6) is 5.75 Å². The van der Waals surface area contributed by atoms with Gasteiger partial charge in [-0.1, -0.05) is 11.6 Å². The number of anilines is 1. The highest BCUT2D eigenvalue weighted by molar-refractivity contribution is 6.30. The number of hydrogen-bond acceptors (Lipinski definition) is 3. The van der Waals surface area contributed by atoms with E-state index in [1.54, 1.807) is 30.1 Å². The molecule has 0 radical (unpaired) electrons. The number of nitrogens with zero attached hydrogens (tertiary/aromatic N) is 2. The molecule has 0 aliphatic heterocycles. The number of carbonyl (C=O) groups excluding carboxylic acids is 1. The number of aryl methyl sites for hydroxylation is 2. The predicted molar refractivity (Wildman–Crippen MR) is 82.8 cm³/mol. The van der Waals surface area contributed by atoms with Crippen molar-refractivity contribution in [2.75, 3.05) is 11.9 Å². The molecular formula is C15H18ClN3O2. The summed E-state index contributed by atoms with van der Waals surface area (Å²) < 4.78 is 7.28. The second-order valence-corrected chi connectivity index (χ2v) is 5.22. The van der Waals surface area contributed by atoms with Crippen LogP contribution in [0.2, 0.25) is 5.02 Å². The van der Waals surface area contributed by atoms with Crippen molar-refractivity contribution in [3.05, 3.63) is 41.0 Å². The third kappa shape index (κ3) is 4.79. The average molecular weight is 308 g/mol. The second-order valence-electron chi connectivity index (χ2n) is 4.78. The number of benzene rings is 1. The Morgan fingerprint density at radius 3 is 2.90 bits per heavy atom. The van der Waals surface area contributed by atoms with Gasteiger partial charge in [-0.2, -0.15) is 5.10 Å². The topological polar surface area (TPSA) is 56.1 Å². The quantitative estimate of drug-likeness (QED) is 0.834. The lowest BCUT2D eigenvalue weighted by atomic mass is 10.2. The van der Waals surface area contributed by atoms with E-state index in [9.17, 15) is 4.79 Å². The van der Waals surface area contributed by atoms with Crippen LogP contribution in [-0.2, 0) is 11.8 Å². The van der Waals surface area contributed by atoms with Crippen LogP contribution in [0.15, 0.2) is 30.5 Å². The van der Waals surface area contributed by atoms with Gasteiger partial charge in [-0.3, -0.25) is 9.48 Å². The molecule has 0 saturated heterocycles. The van der Waals surface area contributed by atoms with Crippen molar-refractivity contribution in [2.45, 2.75) is 19.8 Å². The van der Waals surface area contributed by atoms with Gasteiger partial charge in [0.1, 0.15) is 5.75 Å². The molecule has 112 valence electrons. The summed E-state index contributed by atoms with van der Waals surface area (Å²) in [6.45, 7) is 2.42. The lowest BCUT2D eigenvalue weighted by molar-refractivity contribution is -0.116. The van der Waals surface area contributed by atoms with Crippen molar-refractivity contribution in [2.24, 2.45) is 7.05 Å². The number of aromatic nitrogens is 2. The van der Waals surface area contributed by atoms with Crippen LogP contribution in [-0.4, -0.2) is 22.3 Å². The van der Waals surface area contributed by atoms with Gasteiger partial charge < -0.3 is 10.1 Å². The number of amides is 1. The maximum Gasteiger partial charge on any atom is 0.225 e. The largest absolute Gasteiger partial charge is 0.493 e. The predicted octanol–water partition coefficient (Wildman–Crippen LogP) is 3.18.